The Bertz CT molecular complexity index is 1930. The van der Waals surface area contributed by atoms with Crippen molar-refractivity contribution in [1.82, 2.24) is 20.3 Å². The molecular weight excluding hydrogens is 672 g/mol. The van der Waals surface area contributed by atoms with E-state index in [2.05, 4.69) is 15.8 Å². The second-order valence-corrected chi connectivity index (χ2v) is 12.8. The number of aromatic nitrogens is 1. The number of carboxylic acids is 1. The van der Waals surface area contributed by atoms with Crippen molar-refractivity contribution in [3.05, 3.63) is 103 Å². The molecule has 1 saturated carbocycles. The van der Waals surface area contributed by atoms with Crippen molar-refractivity contribution >= 4 is 63.3 Å². The molecule has 2 unspecified atom stereocenters. The molecular formula is C33H31Cl3FN5O5. The van der Waals surface area contributed by atoms with Crippen molar-refractivity contribution in [2.45, 2.75) is 38.0 Å². The van der Waals surface area contributed by atoms with Crippen LogP contribution in [-0.2, 0) is 0 Å². The van der Waals surface area contributed by atoms with E-state index in [1.807, 2.05) is 11.8 Å². The number of benzene rings is 3. The monoisotopic (exact) mass is 701 g/mol. The van der Waals surface area contributed by atoms with Gasteiger partial charge in [-0.05, 0) is 50.1 Å². The summed E-state index contributed by atoms with van der Waals surface area (Å²) in [6, 6.07) is 12.9. The highest BCUT2D eigenvalue weighted by Gasteiger charge is 2.36. The van der Waals surface area contributed by atoms with E-state index in [1.54, 1.807) is 47.0 Å². The van der Waals surface area contributed by atoms with Crippen molar-refractivity contribution in [2.75, 3.05) is 31.6 Å². The van der Waals surface area contributed by atoms with E-state index in [-0.39, 0.29) is 40.0 Å². The summed E-state index contributed by atoms with van der Waals surface area (Å²) in [7, 11) is 1.38. The zero-order valence-corrected chi connectivity index (χ0v) is 27.7. The van der Waals surface area contributed by atoms with Crippen molar-refractivity contribution in [3.8, 4) is 5.75 Å². The Labute approximate surface area is 284 Å². The van der Waals surface area contributed by atoms with Gasteiger partial charge in [-0.15, -0.1) is 0 Å². The van der Waals surface area contributed by atoms with E-state index in [1.165, 1.54) is 19.4 Å². The summed E-state index contributed by atoms with van der Waals surface area (Å²) in [6.45, 7) is 2.96. The molecule has 3 N–H and O–H groups in total. The van der Waals surface area contributed by atoms with E-state index < -0.39 is 34.9 Å². The zero-order chi connectivity index (χ0) is 33.6. The number of rotatable bonds is 9. The molecule has 246 valence electrons. The maximum Gasteiger partial charge on any atom is 0.341 e. The lowest BCUT2D eigenvalue weighted by Gasteiger charge is -2.45. The number of hydrogen-bond acceptors (Lipinski definition) is 7. The smallest absolute Gasteiger partial charge is 0.341 e. The van der Waals surface area contributed by atoms with Gasteiger partial charge in [0.2, 0.25) is 5.43 Å². The fourth-order valence-electron chi connectivity index (χ4n) is 6.18. The molecule has 0 bridgehead atoms. The third-order valence-corrected chi connectivity index (χ3v) is 9.62. The number of carbonyl (C=O) groups excluding carboxylic acids is 1. The molecule has 14 heteroatoms. The Kier molecular flexibility index (Phi) is 9.37. The second-order valence-electron chi connectivity index (χ2n) is 11.6. The summed E-state index contributed by atoms with van der Waals surface area (Å²) in [6.07, 6.45) is 2.06. The first-order chi connectivity index (χ1) is 22.5. The minimum atomic E-state index is -1.37. The van der Waals surface area contributed by atoms with Crippen LogP contribution in [0.1, 0.15) is 58.3 Å². The number of carbonyl (C=O) groups is 2. The van der Waals surface area contributed by atoms with Crippen LogP contribution in [0.3, 0.4) is 0 Å². The lowest BCUT2D eigenvalue weighted by Crippen LogP contribution is -2.58. The summed E-state index contributed by atoms with van der Waals surface area (Å²) in [5, 5.41) is 10.7. The molecule has 10 nitrogen and oxygen atoms in total. The maximum absolute atomic E-state index is 16.7. The number of hydrogen-bond donors (Lipinski definition) is 3. The topological polar surface area (TPSA) is 116 Å². The second kappa shape index (κ2) is 13.3. The van der Waals surface area contributed by atoms with Gasteiger partial charge in [0, 0.05) is 53.5 Å². The zero-order valence-electron chi connectivity index (χ0n) is 25.4. The number of methoxy groups -OCH3 is 1. The Morgan fingerprint density at radius 3 is 2.32 bits per heavy atom. The number of anilines is 1. The normalized spacial score (nSPS) is 17.5. The van der Waals surface area contributed by atoms with Gasteiger partial charge < -0.3 is 19.3 Å². The molecule has 4 aromatic rings. The summed E-state index contributed by atoms with van der Waals surface area (Å²) in [5.74, 6) is -2.36. The van der Waals surface area contributed by atoms with Gasteiger partial charge in [0.25, 0.3) is 5.91 Å². The number of amides is 1. The Hall–Kier alpha value is -3.87. The first kappa shape index (κ1) is 33.0. The van der Waals surface area contributed by atoms with Crippen LogP contribution in [0.4, 0.5) is 10.1 Å². The molecule has 3 aromatic carbocycles. The molecule has 2 aliphatic rings. The summed E-state index contributed by atoms with van der Waals surface area (Å²) < 4.78 is 23.8. The standard InChI is InChI=1S/C33H31Cl3FN5O5/c1-17-15-40(29-25(47-2)14-20-28(27(29)37)42(18-10-11-18)16-21(30(20)43)33(45)46)12-13-41(17)31(26-23(35)8-5-9-24(26)36)38-39-32(44)19-6-3-4-7-22(19)34/h3-9,14,16-18,31,38H,10-13,15H2,1-2H3,(H,39,44)(H,45,46). The SMILES string of the molecule is COc1cc2c(=O)c(C(=O)O)cn(C3CC3)c2c(F)c1N1CCN(C(NNC(=O)c2ccccc2Cl)c2c(Cl)cccc2Cl)C(C)C1. The minimum absolute atomic E-state index is 0.0477. The van der Waals surface area contributed by atoms with E-state index in [9.17, 15) is 19.5 Å². The number of hydrazine groups is 1. The molecule has 47 heavy (non-hydrogen) atoms. The minimum Gasteiger partial charge on any atom is -0.494 e. The highest BCUT2D eigenvalue weighted by molar-refractivity contribution is 6.36. The molecule has 2 fully saturated rings. The van der Waals surface area contributed by atoms with Crippen LogP contribution in [0.25, 0.3) is 10.9 Å². The van der Waals surface area contributed by atoms with E-state index in [0.717, 1.165) is 12.8 Å². The van der Waals surface area contributed by atoms with Crippen molar-refractivity contribution < 1.29 is 23.8 Å². The summed E-state index contributed by atoms with van der Waals surface area (Å²) >= 11 is 19.6. The number of aromatic carboxylic acids is 1. The van der Waals surface area contributed by atoms with Gasteiger partial charge >= 0.3 is 5.97 Å². The number of nitrogens with zero attached hydrogens (tertiary/aromatic N) is 3. The van der Waals surface area contributed by atoms with E-state index in [0.29, 0.717) is 40.3 Å². The van der Waals surface area contributed by atoms with Gasteiger partial charge in [-0.25, -0.2) is 14.6 Å². The molecule has 1 aliphatic heterocycles. The molecule has 0 spiro atoms. The van der Waals surface area contributed by atoms with Crippen molar-refractivity contribution in [2.24, 2.45) is 0 Å². The molecule has 6 rings (SSSR count). The summed E-state index contributed by atoms with van der Waals surface area (Å²) in [4.78, 5) is 42.0. The van der Waals surface area contributed by atoms with Crippen LogP contribution in [0, 0.1) is 5.82 Å². The van der Waals surface area contributed by atoms with Crippen LogP contribution < -0.4 is 25.9 Å². The fourth-order valence-corrected chi connectivity index (χ4v) is 7.01. The number of nitrogens with one attached hydrogen (secondary N) is 2. The predicted molar refractivity (Wildman–Crippen MR) is 180 cm³/mol. The number of pyridine rings is 1. The molecule has 2 atom stereocenters. The number of fused-ring (bicyclic) bond motifs is 1. The molecule has 1 amide bonds. The number of piperazine rings is 1. The maximum atomic E-state index is 16.7. The van der Waals surface area contributed by atoms with Gasteiger partial charge in [0.05, 0.1) is 28.6 Å². The third kappa shape index (κ3) is 6.26. The van der Waals surface area contributed by atoms with Gasteiger partial charge in [-0.2, -0.15) is 0 Å². The van der Waals surface area contributed by atoms with Crippen LogP contribution in [0.5, 0.6) is 5.75 Å². The highest BCUT2D eigenvalue weighted by Crippen LogP contribution is 2.43. The quantitative estimate of drug-likeness (QED) is 0.175. The average Bonchev–Trinajstić information content (AvgIpc) is 3.88. The van der Waals surface area contributed by atoms with Crippen LogP contribution >= 0.6 is 34.8 Å². The van der Waals surface area contributed by atoms with Gasteiger partial charge in [0.1, 0.15) is 23.2 Å². The largest absolute Gasteiger partial charge is 0.494 e. The van der Waals surface area contributed by atoms with Crippen molar-refractivity contribution in [1.29, 1.82) is 0 Å². The Balaban J connectivity index is 1.34. The van der Waals surface area contributed by atoms with Crippen LogP contribution in [-0.4, -0.2) is 59.2 Å². The molecule has 2 heterocycles. The lowest BCUT2D eigenvalue weighted by atomic mass is 10.0. The molecule has 0 radical (unpaired) electrons. The first-order valence-electron chi connectivity index (χ1n) is 14.9. The van der Waals surface area contributed by atoms with E-state index >= 15 is 4.39 Å². The third-order valence-electron chi connectivity index (χ3n) is 8.63. The van der Waals surface area contributed by atoms with Crippen LogP contribution in [0.15, 0.2) is 59.5 Å². The Morgan fingerprint density at radius 2 is 1.70 bits per heavy atom. The van der Waals surface area contributed by atoms with Gasteiger partial charge in [0.15, 0.2) is 5.82 Å². The first-order valence-corrected chi connectivity index (χ1v) is 16.1. The molecule has 1 aromatic heterocycles. The lowest BCUT2D eigenvalue weighted by molar-refractivity contribution is 0.0694. The summed E-state index contributed by atoms with van der Waals surface area (Å²) in [5.41, 5.74) is 5.71. The van der Waals surface area contributed by atoms with Crippen molar-refractivity contribution in [3.63, 3.8) is 0 Å². The number of halogens is 4. The van der Waals surface area contributed by atoms with E-state index in [4.69, 9.17) is 39.5 Å². The highest BCUT2D eigenvalue weighted by atomic mass is 35.5. The fraction of sp³-hybridized carbons (Fsp3) is 0.303. The van der Waals surface area contributed by atoms with Gasteiger partial charge in [-0.3, -0.25) is 19.9 Å². The van der Waals surface area contributed by atoms with Gasteiger partial charge in [-0.1, -0.05) is 53.0 Å². The Morgan fingerprint density at radius 1 is 1.02 bits per heavy atom. The number of carboxylic acid groups (broad SMARTS) is 1. The van der Waals surface area contributed by atoms with Crippen LogP contribution in [0.2, 0.25) is 15.1 Å². The molecule has 1 saturated heterocycles. The molecule has 1 aliphatic carbocycles. The number of ether oxygens (including phenoxy) is 1. The predicted octanol–water partition coefficient (Wildman–Crippen LogP) is 6.29. The average molecular weight is 703 g/mol.